The molecule has 2 N–H and O–H groups in total. The molecule has 6 nitrogen and oxygen atoms in total. The molecule has 0 saturated carbocycles. The zero-order valence-electron chi connectivity index (χ0n) is 17.7. The second kappa shape index (κ2) is 7.52. The molecule has 6 rings (SSSR count). The van der Waals surface area contributed by atoms with E-state index in [9.17, 15) is 4.39 Å². The minimum Gasteiger partial charge on any atom is -0.462 e. The van der Waals surface area contributed by atoms with Crippen molar-refractivity contribution in [1.82, 2.24) is 4.98 Å². The lowest BCUT2D eigenvalue weighted by Gasteiger charge is -2.35. The second-order valence-corrected chi connectivity index (χ2v) is 8.52. The number of ether oxygens (including phenoxy) is 3. The Bertz CT molecular complexity index is 1290. The van der Waals surface area contributed by atoms with E-state index in [1.165, 1.54) is 12.3 Å². The van der Waals surface area contributed by atoms with Gasteiger partial charge < -0.3 is 19.9 Å². The summed E-state index contributed by atoms with van der Waals surface area (Å²) in [4.78, 5) is 8.39. The number of amidine groups is 1. The van der Waals surface area contributed by atoms with Gasteiger partial charge in [0.05, 0.1) is 0 Å². The molecule has 0 radical (unpaired) electrons. The van der Waals surface area contributed by atoms with E-state index in [2.05, 4.69) is 9.98 Å². The number of pyridine rings is 1. The Morgan fingerprint density at radius 3 is 2.64 bits per heavy atom. The third-order valence-electron chi connectivity index (χ3n) is 6.64. The molecule has 3 aliphatic heterocycles. The van der Waals surface area contributed by atoms with Crippen molar-refractivity contribution in [2.45, 2.75) is 24.3 Å². The maximum absolute atomic E-state index is 15.4. The number of rotatable bonds is 2. The van der Waals surface area contributed by atoms with Gasteiger partial charge in [-0.2, -0.15) is 4.39 Å². The van der Waals surface area contributed by atoms with Crippen molar-refractivity contribution < 1.29 is 23.0 Å². The van der Waals surface area contributed by atoms with Crippen molar-refractivity contribution in [3.05, 3.63) is 77.1 Å². The molecule has 0 aliphatic carbocycles. The largest absolute Gasteiger partial charge is 0.462 e. The third kappa shape index (κ3) is 3.16. The predicted molar refractivity (Wildman–Crippen MR) is 117 cm³/mol. The number of halogens is 2. The molecule has 1 spiro atoms. The van der Waals surface area contributed by atoms with Gasteiger partial charge in [-0.1, -0.05) is 6.07 Å². The molecule has 1 unspecified atom stereocenters. The number of nitrogens with two attached hydrogens (primary N) is 1. The summed E-state index contributed by atoms with van der Waals surface area (Å²) in [6, 6.07) is 12.0. The number of aliphatic imine (C=N–C) groups is 1. The van der Waals surface area contributed by atoms with Crippen LogP contribution in [0.4, 0.5) is 8.78 Å². The lowest BCUT2D eigenvalue weighted by atomic mass is 9.78. The van der Waals surface area contributed by atoms with E-state index in [0.717, 1.165) is 18.4 Å². The number of hydrogen-bond acceptors (Lipinski definition) is 6. The molecule has 33 heavy (non-hydrogen) atoms. The smallest absolute Gasteiger partial charge is 0.283 e. The monoisotopic (exact) mass is 449 g/mol. The number of aromatic nitrogens is 1. The third-order valence-corrected chi connectivity index (χ3v) is 6.64. The molecule has 0 bridgehead atoms. The highest BCUT2D eigenvalue weighted by atomic mass is 19.1. The molecule has 4 heterocycles. The van der Waals surface area contributed by atoms with E-state index >= 15 is 4.39 Å². The van der Waals surface area contributed by atoms with Gasteiger partial charge in [0.2, 0.25) is 5.95 Å². The van der Waals surface area contributed by atoms with Crippen LogP contribution in [0.1, 0.15) is 35.4 Å². The maximum Gasteiger partial charge on any atom is 0.283 e. The highest BCUT2D eigenvalue weighted by Gasteiger charge is 2.48. The van der Waals surface area contributed by atoms with Crippen molar-refractivity contribution in [2.24, 2.45) is 10.7 Å². The molecular formula is C25H21F2N3O3. The first-order valence-electron chi connectivity index (χ1n) is 10.9. The first-order chi connectivity index (χ1) is 16.0. The molecule has 168 valence electrons. The van der Waals surface area contributed by atoms with E-state index < -0.39 is 17.3 Å². The molecule has 1 fully saturated rings. The van der Waals surface area contributed by atoms with Crippen LogP contribution in [0.25, 0.3) is 11.1 Å². The fourth-order valence-electron chi connectivity index (χ4n) is 4.97. The van der Waals surface area contributed by atoms with Crippen LogP contribution in [0.2, 0.25) is 0 Å². The fraction of sp³-hybridized carbons (Fsp3) is 0.280. The van der Waals surface area contributed by atoms with Gasteiger partial charge in [0.15, 0.2) is 17.1 Å². The van der Waals surface area contributed by atoms with Crippen LogP contribution in [0.5, 0.6) is 11.5 Å². The predicted octanol–water partition coefficient (Wildman–Crippen LogP) is 4.62. The quantitative estimate of drug-likeness (QED) is 0.578. The van der Waals surface area contributed by atoms with E-state index in [4.69, 9.17) is 19.9 Å². The molecule has 2 aromatic carbocycles. The van der Waals surface area contributed by atoms with Crippen LogP contribution >= 0.6 is 0 Å². The summed E-state index contributed by atoms with van der Waals surface area (Å²) >= 11 is 0. The van der Waals surface area contributed by atoms with Crippen LogP contribution in [0.3, 0.4) is 0 Å². The van der Waals surface area contributed by atoms with Crippen molar-refractivity contribution in [2.75, 3.05) is 19.8 Å². The van der Waals surface area contributed by atoms with Crippen molar-refractivity contribution in [1.29, 1.82) is 0 Å². The van der Waals surface area contributed by atoms with Crippen molar-refractivity contribution in [3.63, 3.8) is 0 Å². The minimum atomic E-state index is -1.09. The summed E-state index contributed by atoms with van der Waals surface area (Å²) in [6.07, 6.45) is 3.03. The van der Waals surface area contributed by atoms with Gasteiger partial charge in [-0.25, -0.2) is 14.4 Å². The highest BCUT2D eigenvalue weighted by molar-refractivity contribution is 5.78. The Labute approximate surface area is 189 Å². The summed E-state index contributed by atoms with van der Waals surface area (Å²) in [5.41, 5.74) is 7.88. The zero-order valence-corrected chi connectivity index (χ0v) is 17.7. The Morgan fingerprint density at radius 1 is 1.03 bits per heavy atom. The van der Waals surface area contributed by atoms with E-state index in [1.807, 2.05) is 6.07 Å². The Hall–Kier alpha value is -3.52. The number of benzene rings is 2. The van der Waals surface area contributed by atoms with Gasteiger partial charge in [0.25, 0.3) is 6.02 Å². The number of fused-ring (bicyclic) bond motifs is 4. The molecule has 1 atom stereocenters. The van der Waals surface area contributed by atoms with E-state index in [0.29, 0.717) is 41.2 Å². The van der Waals surface area contributed by atoms with E-state index in [1.54, 1.807) is 30.3 Å². The van der Waals surface area contributed by atoms with Gasteiger partial charge in [0.1, 0.15) is 12.4 Å². The second-order valence-electron chi connectivity index (χ2n) is 8.52. The number of hydrogen-bond donors (Lipinski definition) is 1. The van der Waals surface area contributed by atoms with Gasteiger partial charge in [-0.05, 0) is 66.3 Å². The Balaban J connectivity index is 1.54. The Kier molecular flexibility index (Phi) is 4.58. The molecule has 0 amide bonds. The van der Waals surface area contributed by atoms with Crippen molar-refractivity contribution >= 4 is 6.02 Å². The molecule has 1 saturated heterocycles. The van der Waals surface area contributed by atoms with Crippen LogP contribution in [0.15, 0.2) is 53.7 Å². The summed E-state index contributed by atoms with van der Waals surface area (Å²) in [5, 5.41) is 0. The Morgan fingerprint density at radius 2 is 1.88 bits per heavy atom. The van der Waals surface area contributed by atoms with E-state index in [-0.39, 0.29) is 24.3 Å². The maximum atomic E-state index is 15.4. The summed E-state index contributed by atoms with van der Waals surface area (Å²) < 4.78 is 46.9. The molecule has 3 aromatic rings. The van der Waals surface area contributed by atoms with Crippen LogP contribution in [-0.4, -0.2) is 30.8 Å². The molecular weight excluding hydrogens is 428 g/mol. The standard InChI is InChI=1S/C25H21F2N3O3/c26-20-12-16(14-5-8-31-9-6-14)11-19-22(20)33-21-4-3-15(17-2-1-7-29-23(17)27)10-18(21)25(19)13-32-24(28)30-25/h1-4,7,10-12,14H,5-6,8-9,13H2,(H2,28,30). The summed E-state index contributed by atoms with van der Waals surface area (Å²) in [5.74, 6) is -0.323. The normalized spacial score (nSPS) is 21.7. The summed E-state index contributed by atoms with van der Waals surface area (Å²) in [7, 11) is 0. The highest BCUT2D eigenvalue weighted by Crippen LogP contribution is 2.53. The van der Waals surface area contributed by atoms with Gasteiger partial charge in [-0.3, -0.25) is 0 Å². The van der Waals surface area contributed by atoms with Gasteiger partial charge in [0, 0.05) is 36.1 Å². The zero-order chi connectivity index (χ0) is 22.6. The lowest BCUT2D eigenvalue weighted by Crippen LogP contribution is -2.32. The van der Waals surface area contributed by atoms with Crippen LogP contribution in [0, 0.1) is 11.8 Å². The van der Waals surface area contributed by atoms with Crippen LogP contribution in [-0.2, 0) is 15.0 Å². The first kappa shape index (κ1) is 20.1. The molecule has 8 heteroatoms. The summed E-state index contributed by atoms with van der Waals surface area (Å²) in [6.45, 7) is 1.38. The average molecular weight is 449 g/mol. The fourth-order valence-corrected chi connectivity index (χ4v) is 4.97. The lowest BCUT2D eigenvalue weighted by molar-refractivity contribution is 0.0852. The first-order valence-corrected chi connectivity index (χ1v) is 10.9. The average Bonchev–Trinajstić information content (AvgIpc) is 3.23. The topological polar surface area (TPSA) is 79.0 Å². The SMILES string of the molecule is NC1=NC2(CO1)c1cc(-c3cccnc3F)ccc1Oc1c(F)cc(C3CCOCC3)cc12. The van der Waals surface area contributed by atoms with Gasteiger partial charge in [-0.15, -0.1) is 0 Å². The van der Waals surface area contributed by atoms with Crippen molar-refractivity contribution in [3.8, 4) is 22.6 Å². The molecule has 1 aromatic heterocycles. The molecule has 3 aliphatic rings. The minimum absolute atomic E-state index is 0.0173. The van der Waals surface area contributed by atoms with Crippen LogP contribution < -0.4 is 10.5 Å². The van der Waals surface area contributed by atoms with Gasteiger partial charge >= 0.3 is 0 Å². The number of nitrogens with zero attached hydrogens (tertiary/aromatic N) is 2.